The van der Waals surface area contributed by atoms with Crippen molar-refractivity contribution in [1.29, 1.82) is 0 Å². The van der Waals surface area contributed by atoms with Gasteiger partial charge in [0.1, 0.15) is 11.6 Å². The second-order valence-electron chi connectivity index (χ2n) is 5.44. The van der Waals surface area contributed by atoms with Crippen LogP contribution in [0.25, 0.3) is 0 Å². The van der Waals surface area contributed by atoms with Crippen LogP contribution < -0.4 is 10.1 Å². The van der Waals surface area contributed by atoms with Crippen LogP contribution in [0.4, 0.5) is 4.39 Å². The van der Waals surface area contributed by atoms with Crippen molar-refractivity contribution in [2.75, 3.05) is 27.2 Å². The van der Waals surface area contributed by atoms with Crippen molar-refractivity contribution in [2.24, 2.45) is 0 Å². The van der Waals surface area contributed by atoms with E-state index in [4.69, 9.17) is 4.74 Å². The molecule has 0 fully saturated rings. The maximum absolute atomic E-state index is 13.0. The van der Waals surface area contributed by atoms with Crippen LogP contribution in [0.2, 0.25) is 0 Å². The summed E-state index contributed by atoms with van der Waals surface area (Å²) in [6.45, 7) is 0.392. The average molecular weight is 316 g/mol. The van der Waals surface area contributed by atoms with Gasteiger partial charge < -0.3 is 15.0 Å². The van der Waals surface area contributed by atoms with Crippen LogP contribution in [-0.4, -0.2) is 38.1 Å². The van der Waals surface area contributed by atoms with Gasteiger partial charge in [-0.3, -0.25) is 4.79 Å². The molecule has 1 amide bonds. The number of carbonyl (C=O) groups is 1. The molecule has 0 aliphatic rings. The van der Waals surface area contributed by atoms with E-state index in [1.165, 1.54) is 12.1 Å². The molecule has 0 heterocycles. The Balaban J connectivity index is 1.86. The van der Waals surface area contributed by atoms with E-state index >= 15 is 0 Å². The van der Waals surface area contributed by atoms with E-state index in [-0.39, 0.29) is 24.4 Å². The van der Waals surface area contributed by atoms with E-state index in [0.717, 1.165) is 5.56 Å². The van der Waals surface area contributed by atoms with Gasteiger partial charge in [-0.05, 0) is 43.9 Å². The molecule has 2 aromatic rings. The number of nitrogens with zero attached hydrogens (tertiary/aromatic N) is 1. The molecule has 0 aliphatic heterocycles. The highest BCUT2D eigenvalue weighted by molar-refractivity contribution is 5.77. The lowest BCUT2D eigenvalue weighted by Crippen LogP contribution is -2.36. The van der Waals surface area contributed by atoms with E-state index in [2.05, 4.69) is 5.32 Å². The van der Waals surface area contributed by atoms with E-state index in [9.17, 15) is 9.18 Å². The predicted octanol–water partition coefficient (Wildman–Crippen LogP) is 2.62. The van der Waals surface area contributed by atoms with Gasteiger partial charge in [-0.25, -0.2) is 4.39 Å². The summed E-state index contributed by atoms with van der Waals surface area (Å²) in [4.78, 5) is 13.9. The molecule has 2 aromatic carbocycles. The fourth-order valence-corrected chi connectivity index (χ4v) is 2.21. The minimum absolute atomic E-state index is 0.0312. The molecule has 0 saturated carbocycles. The van der Waals surface area contributed by atoms with Gasteiger partial charge in [-0.2, -0.15) is 0 Å². The Hall–Kier alpha value is -2.40. The lowest BCUT2D eigenvalue weighted by Gasteiger charge is -2.25. The first-order valence-corrected chi connectivity index (χ1v) is 7.42. The third-order valence-corrected chi connectivity index (χ3v) is 3.48. The smallest absolute Gasteiger partial charge is 0.258 e. The first-order valence-electron chi connectivity index (χ1n) is 7.42. The van der Waals surface area contributed by atoms with Gasteiger partial charge in [0, 0.05) is 6.54 Å². The molecule has 0 aliphatic carbocycles. The largest absolute Gasteiger partial charge is 0.484 e. The van der Waals surface area contributed by atoms with Crippen LogP contribution in [0.15, 0.2) is 54.6 Å². The zero-order chi connectivity index (χ0) is 16.7. The number of amides is 1. The van der Waals surface area contributed by atoms with Crippen molar-refractivity contribution < 1.29 is 13.9 Å². The minimum atomic E-state index is -0.272. The Bertz CT molecular complexity index is 615. The number of ether oxygens (including phenoxy) is 1. The lowest BCUT2D eigenvalue weighted by atomic mass is 10.1. The summed E-state index contributed by atoms with van der Waals surface area (Å²) in [5.74, 6) is 0.194. The van der Waals surface area contributed by atoms with E-state index < -0.39 is 0 Å². The van der Waals surface area contributed by atoms with Gasteiger partial charge >= 0.3 is 0 Å². The minimum Gasteiger partial charge on any atom is -0.484 e. The molecular weight excluding hydrogens is 295 g/mol. The molecule has 1 unspecified atom stereocenters. The molecule has 4 nitrogen and oxygen atoms in total. The number of carbonyl (C=O) groups excluding carboxylic acids is 1. The molecular formula is C18H21FN2O2. The quantitative estimate of drug-likeness (QED) is 0.854. The zero-order valence-corrected chi connectivity index (χ0v) is 13.3. The summed E-state index contributed by atoms with van der Waals surface area (Å²) in [6, 6.07) is 15.5. The zero-order valence-electron chi connectivity index (χ0n) is 13.3. The summed E-state index contributed by atoms with van der Waals surface area (Å²) >= 11 is 0. The van der Waals surface area contributed by atoms with Crippen molar-refractivity contribution in [3.05, 3.63) is 66.0 Å². The highest BCUT2D eigenvalue weighted by atomic mass is 19.1. The molecule has 122 valence electrons. The van der Waals surface area contributed by atoms with Gasteiger partial charge in [-0.15, -0.1) is 0 Å². The number of benzene rings is 2. The number of hydrogen-bond acceptors (Lipinski definition) is 3. The normalized spacial score (nSPS) is 12.0. The monoisotopic (exact) mass is 316 g/mol. The molecule has 5 heteroatoms. The van der Waals surface area contributed by atoms with Crippen molar-refractivity contribution in [3.8, 4) is 5.75 Å². The Morgan fingerprint density at radius 1 is 1.13 bits per heavy atom. The fourth-order valence-electron chi connectivity index (χ4n) is 2.21. The van der Waals surface area contributed by atoms with Crippen molar-refractivity contribution in [1.82, 2.24) is 10.2 Å². The average Bonchev–Trinajstić information content (AvgIpc) is 2.55. The van der Waals surface area contributed by atoms with Crippen molar-refractivity contribution in [2.45, 2.75) is 6.04 Å². The summed E-state index contributed by atoms with van der Waals surface area (Å²) in [5, 5.41) is 2.85. The number of rotatable bonds is 7. The number of hydrogen-bond donors (Lipinski definition) is 1. The molecule has 0 radical (unpaired) electrons. The van der Waals surface area contributed by atoms with Gasteiger partial charge in [0.15, 0.2) is 6.61 Å². The topological polar surface area (TPSA) is 41.6 Å². The maximum Gasteiger partial charge on any atom is 0.258 e. The number of nitrogens with one attached hydrogen (secondary N) is 1. The predicted molar refractivity (Wildman–Crippen MR) is 87.8 cm³/mol. The van der Waals surface area contributed by atoms with Crippen LogP contribution in [0, 0.1) is 5.82 Å². The Kier molecular flexibility index (Phi) is 6.11. The summed E-state index contributed by atoms with van der Waals surface area (Å²) in [6.07, 6.45) is 0. The molecule has 1 N–H and O–H groups in total. The molecule has 1 atom stereocenters. The molecule has 0 saturated heterocycles. The first kappa shape index (κ1) is 17.0. The maximum atomic E-state index is 13.0. The first-order chi connectivity index (χ1) is 11.1. The van der Waals surface area contributed by atoms with E-state index in [1.807, 2.05) is 37.2 Å². The number of halogens is 1. The van der Waals surface area contributed by atoms with Gasteiger partial charge in [0.05, 0.1) is 6.04 Å². The Morgan fingerprint density at radius 2 is 1.78 bits per heavy atom. The van der Waals surface area contributed by atoms with Crippen LogP contribution >= 0.6 is 0 Å². The third-order valence-electron chi connectivity index (χ3n) is 3.48. The van der Waals surface area contributed by atoms with E-state index in [0.29, 0.717) is 12.3 Å². The molecule has 0 spiro atoms. The highest BCUT2D eigenvalue weighted by Gasteiger charge is 2.15. The third kappa shape index (κ3) is 5.38. The molecule has 0 bridgehead atoms. The standard InChI is InChI=1S/C18H21FN2O2/c1-21(2)17(14-8-10-15(19)11-9-14)12-20-18(22)13-23-16-6-4-3-5-7-16/h3-11,17H,12-13H2,1-2H3,(H,20,22). The van der Waals surface area contributed by atoms with Crippen LogP contribution in [-0.2, 0) is 4.79 Å². The van der Waals surface area contributed by atoms with Gasteiger partial charge in [-0.1, -0.05) is 30.3 Å². The second kappa shape index (κ2) is 8.29. The van der Waals surface area contributed by atoms with Crippen molar-refractivity contribution >= 4 is 5.91 Å². The Labute approximate surface area is 135 Å². The van der Waals surface area contributed by atoms with E-state index in [1.54, 1.807) is 24.3 Å². The van der Waals surface area contributed by atoms with Crippen LogP contribution in [0.5, 0.6) is 5.75 Å². The summed E-state index contributed by atoms with van der Waals surface area (Å²) < 4.78 is 18.4. The van der Waals surface area contributed by atoms with Crippen molar-refractivity contribution in [3.63, 3.8) is 0 Å². The van der Waals surface area contributed by atoms with Crippen LogP contribution in [0.3, 0.4) is 0 Å². The summed E-state index contributed by atoms with van der Waals surface area (Å²) in [5.41, 5.74) is 0.945. The second-order valence-corrected chi connectivity index (χ2v) is 5.44. The Morgan fingerprint density at radius 3 is 2.39 bits per heavy atom. The van der Waals surface area contributed by atoms with Crippen LogP contribution in [0.1, 0.15) is 11.6 Å². The molecule has 0 aromatic heterocycles. The fraction of sp³-hybridized carbons (Fsp3) is 0.278. The molecule has 23 heavy (non-hydrogen) atoms. The lowest BCUT2D eigenvalue weighted by molar-refractivity contribution is -0.123. The summed E-state index contributed by atoms with van der Waals surface area (Å²) in [7, 11) is 3.83. The SMILES string of the molecule is CN(C)C(CNC(=O)COc1ccccc1)c1ccc(F)cc1. The number of likely N-dealkylation sites (N-methyl/N-ethyl adjacent to an activating group) is 1. The molecule has 2 rings (SSSR count). The number of para-hydroxylation sites is 1. The van der Waals surface area contributed by atoms with Gasteiger partial charge in [0.25, 0.3) is 5.91 Å². The van der Waals surface area contributed by atoms with Gasteiger partial charge in [0.2, 0.25) is 0 Å². The highest BCUT2D eigenvalue weighted by Crippen LogP contribution is 2.17.